The summed E-state index contributed by atoms with van der Waals surface area (Å²) in [6.45, 7) is 37.6. The number of nitrogens with zero attached hydrogens (tertiary/aromatic N) is 3. The van der Waals surface area contributed by atoms with E-state index in [4.69, 9.17) is 0 Å². The van der Waals surface area contributed by atoms with Crippen LogP contribution in [0.3, 0.4) is 0 Å². The van der Waals surface area contributed by atoms with Crippen molar-refractivity contribution in [3.8, 4) is 16.8 Å². The van der Waals surface area contributed by atoms with Crippen molar-refractivity contribution < 1.29 is 0 Å². The summed E-state index contributed by atoms with van der Waals surface area (Å²) in [5, 5.41) is 5.22. The van der Waals surface area contributed by atoms with Crippen molar-refractivity contribution >= 4 is 111 Å². The normalized spacial score (nSPS) is 13.7. The van der Waals surface area contributed by atoms with Crippen LogP contribution in [-0.2, 0) is 21.7 Å². The molecule has 0 saturated carbocycles. The highest BCUT2D eigenvalue weighted by Crippen LogP contribution is 2.52. The number of aryl methyl sites for hydroxylation is 4. The van der Waals surface area contributed by atoms with Crippen LogP contribution in [0.4, 0.5) is 34.1 Å². The Morgan fingerprint density at radius 2 is 0.899 bits per heavy atom. The Bertz CT molecular complexity index is 4300. The fraction of sp³-hybridized carbons (Fsp3) is 0.270. The maximum atomic E-state index is 2.70. The summed E-state index contributed by atoms with van der Waals surface area (Å²) >= 11 is 1.91. The van der Waals surface area contributed by atoms with E-state index in [0.717, 1.165) is 0 Å². The van der Waals surface area contributed by atoms with Crippen LogP contribution in [0.5, 0.6) is 0 Å². The number of rotatable bonds is 4. The third kappa shape index (κ3) is 8.03. The molecule has 79 heavy (non-hydrogen) atoms. The molecule has 11 aromatic rings. The molecule has 0 saturated heterocycles. The summed E-state index contributed by atoms with van der Waals surface area (Å²) in [5.74, 6) is 0. The van der Waals surface area contributed by atoms with Gasteiger partial charge in [0.2, 0.25) is 0 Å². The van der Waals surface area contributed by atoms with E-state index in [1.165, 1.54) is 154 Å². The van der Waals surface area contributed by atoms with Gasteiger partial charge in [0.25, 0.3) is 6.71 Å². The Kier molecular flexibility index (Phi) is 11.4. The van der Waals surface area contributed by atoms with Crippen molar-refractivity contribution in [3.63, 3.8) is 0 Å². The molecule has 2 aromatic heterocycles. The van der Waals surface area contributed by atoms with Gasteiger partial charge in [0, 0.05) is 59.4 Å². The predicted octanol–water partition coefficient (Wildman–Crippen LogP) is 19.3. The van der Waals surface area contributed by atoms with Crippen LogP contribution in [0.2, 0.25) is 0 Å². The highest BCUT2D eigenvalue weighted by atomic mass is 32.1. The first-order chi connectivity index (χ1) is 37.4. The minimum atomic E-state index is -0.166. The Morgan fingerprint density at radius 3 is 1.53 bits per heavy atom. The van der Waals surface area contributed by atoms with Crippen LogP contribution >= 0.6 is 11.3 Å². The third-order valence-corrected chi connectivity index (χ3v) is 18.8. The van der Waals surface area contributed by atoms with Crippen molar-refractivity contribution in [2.24, 2.45) is 0 Å². The van der Waals surface area contributed by atoms with Crippen molar-refractivity contribution in [2.75, 3.05) is 9.80 Å². The van der Waals surface area contributed by atoms with Gasteiger partial charge in [-0.15, -0.1) is 11.3 Å². The highest BCUT2D eigenvalue weighted by molar-refractivity contribution is 7.26. The van der Waals surface area contributed by atoms with E-state index in [0.29, 0.717) is 0 Å². The fourth-order valence-electron chi connectivity index (χ4n) is 13.4. The Labute approximate surface area is 473 Å². The topological polar surface area (TPSA) is 11.4 Å². The maximum Gasteiger partial charge on any atom is 0.252 e. The van der Waals surface area contributed by atoms with E-state index in [1.54, 1.807) is 0 Å². The average molecular weight is 1050 g/mol. The van der Waals surface area contributed by atoms with Crippen LogP contribution in [-0.4, -0.2) is 11.3 Å². The summed E-state index contributed by atoms with van der Waals surface area (Å²) in [5.41, 5.74) is 27.8. The lowest BCUT2D eigenvalue weighted by molar-refractivity contribution is 0.589. The summed E-state index contributed by atoms with van der Waals surface area (Å²) in [4.78, 5) is 5.39. The molecule has 0 N–H and O–H groups in total. The van der Waals surface area contributed by atoms with E-state index >= 15 is 0 Å². The van der Waals surface area contributed by atoms with Crippen molar-refractivity contribution in [1.82, 2.24) is 4.57 Å². The molecular weight excluding hydrogens is 974 g/mol. The lowest BCUT2D eigenvalue weighted by Gasteiger charge is -2.46. The largest absolute Gasteiger partial charge is 0.311 e. The quantitative estimate of drug-likeness (QED) is 0.163. The lowest BCUT2D eigenvalue weighted by Crippen LogP contribution is -2.61. The van der Waals surface area contributed by atoms with Gasteiger partial charge in [0.05, 0.1) is 22.4 Å². The lowest BCUT2D eigenvalue weighted by atomic mass is 9.33. The number of para-hydroxylation sites is 1. The zero-order valence-electron chi connectivity index (χ0n) is 49.3. The summed E-state index contributed by atoms with van der Waals surface area (Å²) in [6.07, 6.45) is 0. The van der Waals surface area contributed by atoms with Crippen LogP contribution in [0, 0.1) is 27.7 Å². The predicted molar refractivity (Wildman–Crippen MR) is 347 cm³/mol. The van der Waals surface area contributed by atoms with Gasteiger partial charge in [-0.1, -0.05) is 174 Å². The number of anilines is 6. The molecule has 0 fully saturated rings. The van der Waals surface area contributed by atoms with Crippen LogP contribution < -0.4 is 26.2 Å². The second kappa shape index (κ2) is 17.6. The first kappa shape index (κ1) is 51.1. The van der Waals surface area contributed by atoms with Crippen molar-refractivity contribution in [2.45, 2.75) is 132 Å². The van der Waals surface area contributed by atoms with Gasteiger partial charge >= 0.3 is 0 Å². The van der Waals surface area contributed by atoms with Gasteiger partial charge in [0.1, 0.15) is 0 Å². The second-order valence-electron chi connectivity index (χ2n) is 27.3. The molecule has 13 rings (SSSR count). The first-order valence-corrected chi connectivity index (χ1v) is 29.4. The van der Waals surface area contributed by atoms with Gasteiger partial charge in [-0.3, -0.25) is 0 Å². The van der Waals surface area contributed by atoms with Crippen molar-refractivity contribution in [1.29, 1.82) is 0 Å². The zero-order valence-corrected chi connectivity index (χ0v) is 50.2. The summed E-state index contributed by atoms with van der Waals surface area (Å²) < 4.78 is 5.20. The Balaban J connectivity index is 1.16. The van der Waals surface area contributed by atoms with Crippen LogP contribution in [0.1, 0.15) is 128 Å². The minimum absolute atomic E-state index is 0.0103. The number of benzene rings is 9. The van der Waals surface area contributed by atoms with Crippen LogP contribution in [0.25, 0.3) is 58.8 Å². The number of aromatic nitrogens is 1. The molecular formula is C74H74BN3S. The van der Waals surface area contributed by atoms with Gasteiger partial charge < -0.3 is 14.4 Å². The Hall–Kier alpha value is -7.34. The highest BCUT2D eigenvalue weighted by Gasteiger charge is 2.46. The Morgan fingerprint density at radius 1 is 0.380 bits per heavy atom. The van der Waals surface area contributed by atoms with E-state index in [1.807, 2.05) is 11.3 Å². The summed E-state index contributed by atoms with van der Waals surface area (Å²) in [6, 6.07) is 61.6. The fourth-order valence-corrected chi connectivity index (χ4v) is 14.6. The smallest absolute Gasteiger partial charge is 0.252 e. The van der Waals surface area contributed by atoms with Crippen LogP contribution in [0.15, 0.2) is 158 Å². The molecule has 0 atom stereocenters. The molecule has 2 aliphatic heterocycles. The monoisotopic (exact) mass is 1050 g/mol. The molecule has 394 valence electrons. The first-order valence-electron chi connectivity index (χ1n) is 28.6. The number of fused-ring (bicyclic) bond motifs is 10. The molecule has 0 spiro atoms. The molecule has 0 unspecified atom stereocenters. The minimum Gasteiger partial charge on any atom is -0.311 e. The van der Waals surface area contributed by atoms with E-state index in [-0.39, 0.29) is 28.4 Å². The molecule has 0 bridgehead atoms. The molecule has 2 aliphatic rings. The number of hydrogen-bond acceptors (Lipinski definition) is 3. The van der Waals surface area contributed by atoms with Gasteiger partial charge in [0.15, 0.2) is 0 Å². The standard InChI is InChI=1S/C74H74BN3S/c1-43-33-47(53-26-22-27-55-54-25-20-21-28-66(54)79-70(53)55)34-44(2)68(43)77-61-32-30-49(72(8,9)10)38-58(61)75-59-41-57-56-37-48(71(5,6)7)29-31-60(56)76(52-23-18-17-19-24-52)62(57)42-63(59)78(65-40-51(74(14,15)16)39-64(77)67(65)75)69-45(3)35-50(36-46(69)4)73(11,12)13/h17-42H,1-16H3. The van der Waals surface area contributed by atoms with Gasteiger partial charge in [-0.2, -0.15) is 0 Å². The van der Waals surface area contributed by atoms with E-state index in [9.17, 15) is 0 Å². The summed E-state index contributed by atoms with van der Waals surface area (Å²) in [7, 11) is 0. The number of hydrogen-bond donors (Lipinski definition) is 0. The van der Waals surface area contributed by atoms with E-state index in [2.05, 4.69) is 283 Å². The van der Waals surface area contributed by atoms with Gasteiger partial charge in [-0.05, 0) is 188 Å². The molecule has 0 amide bonds. The molecule has 5 heteroatoms. The molecule has 9 aromatic carbocycles. The zero-order chi connectivity index (χ0) is 55.6. The van der Waals surface area contributed by atoms with Crippen molar-refractivity contribution in [3.05, 3.63) is 202 Å². The molecule has 0 radical (unpaired) electrons. The van der Waals surface area contributed by atoms with E-state index < -0.39 is 0 Å². The second-order valence-corrected chi connectivity index (χ2v) is 28.4. The number of thiophene rings is 1. The molecule has 3 nitrogen and oxygen atoms in total. The third-order valence-electron chi connectivity index (χ3n) is 17.6. The molecule has 4 heterocycles. The van der Waals surface area contributed by atoms with Gasteiger partial charge in [-0.25, -0.2) is 0 Å². The average Bonchev–Trinajstić information content (AvgIpc) is 4.12. The maximum absolute atomic E-state index is 2.70. The molecule has 0 aliphatic carbocycles. The SMILES string of the molecule is Cc1cc(-c2cccc3c2sc2ccccc23)cc(C)c1N1c2ccc(C(C)(C)C)cc2B2c3cc4c5cc(C(C)(C)C)ccc5n(-c5ccccc5)c4cc3N(c3c(C)cc(C(C)(C)C)cc3C)c3cc(C(C)(C)C)cc1c32.